The molecule has 0 bridgehead atoms. The van der Waals surface area contributed by atoms with Gasteiger partial charge in [-0.1, -0.05) is 59.6 Å². The first kappa shape index (κ1) is 20.2. The highest BCUT2D eigenvalue weighted by Crippen LogP contribution is 2.38. The predicted molar refractivity (Wildman–Crippen MR) is 116 cm³/mol. The summed E-state index contributed by atoms with van der Waals surface area (Å²) >= 11 is 12.0. The van der Waals surface area contributed by atoms with Crippen LogP contribution in [-0.2, 0) is 16.1 Å². The Hall–Kier alpha value is -3.13. The number of halogens is 2. The van der Waals surface area contributed by atoms with Crippen molar-refractivity contribution in [1.82, 2.24) is 0 Å². The summed E-state index contributed by atoms with van der Waals surface area (Å²) in [6.45, 7) is 0.398. The van der Waals surface area contributed by atoms with E-state index in [0.717, 1.165) is 28.9 Å². The Morgan fingerprint density at radius 3 is 2.67 bits per heavy atom. The Morgan fingerprint density at radius 1 is 1.07 bits per heavy atom. The zero-order valence-electron chi connectivity index (χ0n) is 15.8. The summed E-state index contributed by atoms with van der Waals surface area (Å²) in [5.74, 6) is 1.52. The second-order valence-electron chi connectivity index (χ2n) is 6.76. The molecule has 30 heavy (non-hydrogen) atoms. The monoisotopic (exact) mass is 437 g/mol. The largest absolute Gasteiger partial charge is 0.489 e. The van der Waals surface area contributed by atoms with E-state index in [0.29, 0.717) is 22.4 Å². The highest BCUT2D eigenvalue weighted by Gasteiger charge is 2.24. The SMILES string of the molecule is N#CC1=COC=C(C2=CC=CC[C@@H]2c2ccc(OCc3ccc(Cl)c(Cl)c3)cc2)O1. The molecule has 2 aromatic carbocycles. The van der Waals surface area contributed by atoms with Crippen LogP contribution < -0.4 is 4.74 Å². The second kappa shape index (κ2) is 9.13. The van der Waals surface area contributed by atoms with Crippen LogP contribution >= 0.6 is 23.2 Å². The average molecular weight is 438 g/mol. The number of hydrogen-bond donors (Lipinski definition) is 0. The molecule has 0 aromatic heterocycles. The first-order chi connectivity index (χ1) is 14.6. The van der Waals surface area contributed by atoms with Crippen LogP contribution in [0.25, 0.3) is 0 Å². The average Bonchev–Trinajstić information content (AvgIpc) is 2.80. The third kappa shape index (κ3) is 4.54. The molecule has 0 spiro atoms. The molecule has 6 heteroatoms. The number of nitrogens with zero attached hydrogens (tertiary/aromatic N) is 1. The molecule has 1 aliphatic heterocycles. The van der Waals surface area contributed by atoms with E-state index in [4.69, 9.17) is 42.7 Å². The van der Waals surface area contributed by atoms with Gasteiger partial charge in [0.1, 0.15) is 30.9 Å². The standard InChI is InChI=1S/C24H17Cl2NO3/c25-22-10-5-16(11-23(22)26)13-29-18-8-6-17(7-9-18)20-3-1-2-4-21(20)24-15-28-14-19(12-27)30-24/h1-2,4-11,14-15,20H,3,13H2/t20-/m1/s1. The van der Waals surface area contributed by atoms with Crippen LogP contribution in [-0.4, -0.2) is 0 Å². The lowest BCUT2D eigenvalue weighted by atomic mass is 9.84. The molecule has 2 aromatic rings. The molecular formula is C24H17Cl2NO3. The van der Waals surface area contributed by atoms with Crippen LogP contribution in [0.15, 0.2) is 90.3 Å². The molecular weight excluding hydrogens is 421 g/mol. The van der Waals surface area contributed by atoms with Gasteiger partial charge in [-0.2, -0.15) is 5.26 Å². The number of allylic oxidation sites excluding steroid dienone is 5. The molecule has 0 unspecified atom stereocenters. The normalized spacial score (nSPS) is 17.6. The summed E-state index contributed by atoms with van der Waals surface area (Å²) in [6.07, 6.45) is 9.70. The first-order valence-electron chi connectivity index (χ1n) is 9.31. The minimum absolute atomic E-state index is 0.0898. The molecule has 0 amide bonds. The van der Waals surface area contributed by atoms with Crippen LogP contribution in [0.3, 0.4) is 0 Å². The molecule has 1 heterocycles. The molecule has 0 N–H and O–H groups in total. The van der Waals surface area contributed by atoms with Crippen molar-refractivity contribution >= 4 is 23.2 Å². The molecule has 150 valence electrons. The van der Waals surface area contributed by atoms with Crippen molar-refractivity contribution in [2.24, 2.45) is 0 Å². The predicted octanol–water partition coefficient (Wildman–Crippen LogP) is 6.80. The third-order valence-corrected chi connectivity index (χ3v) is 5.53. The summed E-state index contributed by atoms with van der Waals surface area (Å²) in [6, 6.07) is 15.4. The lowest BCUT2D eigenvalue weighted by Gasteiger charge is -2.25. The lowest BCUT2D eigenvalue weighted by Crippen LogP contribution is -2.11. The van der Waals surface area contributed by atoms with Crippen LogP contribution in [0, 0.1) is 11.3 Å². The molecule has 4 rings (SSSR count). The summed E-state index contributed by atoms with van der Waals surface area (Å²) < 4.78 is 16.8. The van der Waals surface area contributed by atoms with Gasteiger partial charge in [0.05, 0.1) is 10.0 Å². The highest BCUT2D eigenvalue weighted by atomic mass is 35.5. The topological polar surface area (TPSA) is 51.5 Å². The van der Waals surface area contributed by atoms with E-state index < -0.39 is 0 Å². The van der Waals surface area contributed by atoms with Gasteiger partial charge in [-0.25, -0.2) is 0 Å². The maximum atomic E-state index is 9.07. The van der Waals surface area contributed by atoms with Crippen LogP contribution in [0.2, 0.25) is 10.0 Å². The molecule has 4 nitrogen and oxygen atoms in total. The van der Waals surface area contributed by atoms with Crippen molar-refractivity contribution in [2.75, 3.05) is 0 Å². The van der Waals surface area contributed by atoms with E-state index in [1.165, 1.54) is 12.5 Å². The summed E-state index contributed by atoms with van der Waals surface area (Å²) in [4.78, 5) is 0. The van der Waals surface area contributed by atoms with Gasteiger partial charge < -0.3 is 14.2 Å². The number of ether oxygens (including phenoxy) is 3. The van der Waals surface area contributed by atoms with Gasteiger partial charge in [0, 0.05) is 11.5 Å². The molecule has 0 radical (unpaired) electrons. The van der Waals surface area contributed by atoms with Crippen molar-refractivity contribution in [3.8, 4) is 11.8 Å². The summed E-state index contributed by atoms with van der Waals surface area (Å²) in [5, 5.41) is 10.1. The Kier molecular flexibility index (Phi) is 6.13. The number of rotatable bonds is 5. The van der Waals surface area contributed by atoms with Crippen molar-refractivity contribution in [3.63, 3.8) is 0 Å². The van der Waals surface area contributed by atoms with E-state index >= 15 is 0 Å². The van der Waals surface area contributed by atoms with Gasteiger partial charge in [0.25, 0.3) is 0 Å². The number of nitriles is 1. The zero-order chi connectivity index (χ0) is 20.9. The molecule has 2 aliphatic rings. The molecule has 1 atom stereocenters. The van der Waals surface area contributed by atoms with Crippen molar-refractivity contribution in [1.29, 1.82) is 5.26 Å². The van der Waals surface area contributed by atoms with Gasteiger partial charge in [0.15, 0.2) is 5.76 Å². The van der Waals surface area contributed by atoms with Crippen molar-refractivity contribution in [3.05, 3.63) is 111 Å². The van der Waals surface area contributed by atoms with Crippen LogP contribution in [0.4, 0.5) is 0 Å². The maximum Gasteiger partial charge on any atom is 0.239 e. The summed E-state index contributed by atoms with van der Waals surface area (Å²) in [5.41, 5.74) is 3.02. The first-order valence-corrected chi connectivity index (χ1v) is 10.1. The van der Waals surface area contributed by atoms with Crippen molar-refractivity contribution < 1.29 is 14.2 Å². The fraction of sp³-hybridized carbons (Fsp3) is 0.125. The quantitative estimate of drug-likeness (QED) is 0.516. The van der Waals surface area contributed by atoms with Gasteiger partial charge in [-0.3, -0.25) is 0 Å². The molecule has 1 aliphatic carbocycles. The molecule has 0 fully saturated rings. The minimum Gasteiger partial charge on any atom is -0.489 e. The van der Waals surface area contributed by atoms with Crippen LogP contribution in [0.5, 0.6) is 5.75 Å². The smallest absolute Gasteiger partial charge is 0.239 e. The van der Waals surface area contributed by atoms with E-state index in [1.54, 1.807) is 12.1 Å². The maximum absolute atomic E-state index is 9.07. The Bertz CT molecular complexity index is 1110. The third-order valence-electron chi connectivity index (χ3n) is 4.80. The molecule has 0 saturated carbocycles. The van der Waals surface area contributed by atoms with E-state index in [1.807, 2.05) is 48.6 Å². The van der Waals surface area contributed by atoms with E-state index in [2.05, 4.69) is 6.08 Å². The fourth-order valence-electron chi connectivity index (χ4n) is 3.29. The van der Waals surface area contributed by atoms with Gasteiger partial charge in [-0.05, 0) is 41.8 Å². The van der Waals surface area contributed by atoms with E-state index in [9.17, 15) is 0 Å². The van der Waals surface area contributed by atoms with Gasteiger partial charge in [-0.15, -0.1) is 0 Å². The van der Waals surface area contributed by atoms with Crippen LogP contribution in [0.1, 0.15) is 23.5 Å². The number of benzene rings is 2. The van der Waals surface area contributed by atoms with Crippen molar-refractivity contribution in [2.45, 2.75) is 18.9 Å². The van der Waals surface area contributed by atoms with Gasteiger partial charge >= 0.3 is 0 Å². The highest BCUT2D eigenvalue weighted by molar-refractivity contribution is 6.42. The Balaban J connectivity index is 1.45. The second-order valence-corrected chi connectivity index (χ2v) is 7.57. The Morgan fingerprint density at radius 2 is 1.90 bits per heavy atom. The minimum atomic E-state index is 0.0898. The van der Waals surface area contributed by atoms with E-state index in [-0.39, 0.29) is 11.7 Å². The zero-order valence-corrected chi connectivity index (χ0v) is 17.4. The summed E-state index contributed by atoms with van der Waals surface area (Å²) in [7, 11) is 0. The lowest BCUT2D eigenvalue weighted by molar-refractivity contribution is 0.241. The fourth-order valence-corrected chi connectivity index (χ4v) is 3.61. The van der Waals surface area contributed by atoms with Gasteiger partial charge in [0.2, 0.25) is 5.76 Å². The Labute approximate surface area is 184 Å². The number of hydrogen-bond acceptors (Lipinski definition) is 4. The molecule has 0 saturated heterocycles.